The van der Waals surface area contributed by atoms with E-state index < -0.39 is 0 Å². The van der Waals surface area contributed by atoms with Gasteiger partial charge >= 0.3 is 0 Å². The molecule has 1 aromatic heterocycles. The van der Waals surface area contributed by atoms with Crippen LogP contribution in [0.3, 0.4) is 0 Å². The molecule has 0 bridgehead atoms. The van der Waals surface area contributed by atoms with E-state index in [4.69, 9.17) is 0 Å². The number of anilines is 2. The lowest BCUT2D eigenvalue weighted by molar-refractivity contribution is 0.634. The van der Waals surface area contributed by atoms with Crippen molar-refractivity contribution in [2.75, 3.05) is 24.2 Å². The highest BCUT2D eigenvalue weighted by molar-refractivity contribution is 5.48. The molecule has 3 rings (SSSR count). The molecule has 98 valence electrons. The first-order valence-corrected chi connectivity index (χ1v) is 6.61. The third-order valence-corrected chi connectivity index (χ3v) is 3.58. The predicted molar refractivity (Wildman–Crippen MR) is 77.7 cm³/mol. The van der Waals surface area contributed by atoms with E-state index >= 15 is 0 Å². The van der Waals surface area contributed by atoms with Gasteiger partial charge in [-0.2, -0.15) is 0 Å². The van der Waals surface area contributed by atoms with Crippen molar-refractivity contribution in [1.29, 1.82) is 0 Å². The van der Waals surface area contributed by atoms with Crippen molar-refractivity contribution in [3.05, 3.63) is 47.3 Å². The van der Waals surface area contributed by atoms with Gasteiger partial charge in [0.05, 0.1) is 0 Å². The summed E-state index contributed by atoms with van der Waals surface area (Å²) in [6.45, 7) is 2.83. The number of aromatic nitrogens is 2. The minimum absolute atomic E-state index is 0.601. The van der Waals surface area contributed by atoms with Crippen molar-refractivity contribution in [1.82, 2.24) is 9.97 Å². The van der Waals surface area contributed by atoms with Crippen LogP contribution >= 0.6 is 0 Å². The van der Waals surface area contributed by atoms with Gasteiger partial charge < -0.3 is 10.6 Å². The molecule has 0 fully saturated rings. The lowest BCUT2D eigenvalue weighted by Gasteiger charge is -2.30. The molecule has 1 aromatic carbocycles. The molecule has 1 atom stereocenters. The minimum atomic E-state index is 0.601. The van der Waals surface area contributed by atoms with Gasteiger partial charge in [-0.3, -0.25) is 0 Å². The highest BCUT2D eigenvalue weighted by atomic mass is 15.1. The summed E-state index contributed by atoms with van der Waals surface area (Å²) in [6.07, 6.45) is 1.16. The van der Waals surface area contributed by atoms with Crippen molar-refractivity contribution in [2.24, 2.45) is 0 Å². The van der Waals surface area contributed by atoms with Gasteiger partial charge in [-0.05, 0) is 24.5 Å². The van der Waals surface area contributed by atoms with Gasteiger partial charge in [-0.15, -0.1) is 0 Å². The van der Waals surface area contributed by atoms with E-state index in [1.54, 1.807) is 0 Å². The summed E-state index contributed by atoms with van der Waals surface area (Å²) in [6, 6.07) is 10.6. The molecule has 4 nitrogen and oxygen atoms in total. The van der Waals surface area contributed by atoms with Crippen LogP contribution in [0.1, 0.15) is 22.9 Å². The monoisotopic (exact) mass is 254 g/mol. The number of nitrogens with one attached hydrogen (secondary N) is 2. The molecule has 0 amide bonds. The number of hydrogen-bond acceptors (Lipinski definition) is 4. The normalized spacial score (nSPS) is 16.4. The summed E-state index contributed by atoms with van der Waals surface area (Å²) in [5.74, 6) is 3.12. The Balaban J connectivity index is 1.66. The Morgan fingerprint density at radius 3 is 2.79 bits per heavy atom. The molecule has 0 spiro atoms. The molecule has 2 N–H and O–H groups in total. The van der Waals surface area contributed by atoms with E-state index in [1.807, 2.05) is 20.0 Å². The number of benzene rings is 1. The summed E-state index contributed by atoms with van der Waals surface area (Å²) in [7, 11) is 1.87. The van der Waals surface area contributed by atoms with Crippen molar-refractivity contribution in [3.63, 3.8) is 0 Å². The van der Waals surface area contributed by atoms with Gasteiger partial charge in [0.2, 0.25) is 0 Å². The first-order chi connectivity index (χ1) is 9.26. The van der Waals surface area contributed by atoms with Crippen LogP contribution in [0.5, 0.6) is 0 Å². The molecule has 1 heterocycles. The molecule has 19 heavy (non-hydrogen) atoms. The summed E-state index contributed by atoms with van der Waals surface area (Å²) >= 11 is 0. The van der Waals surface area contributed by atoms with Crippen LogP contribution in [-0.2, 0) is 6.42 Å². The second-order valence-corrected chi connectivity index (χ2v) is 4.92. The second-order valence-electron chi connectivity index (χ2n) is 4.92. The lowest BCUT2D eigenvalue weighted by Crippen LogP contribution is -2.24. The van der Waals surface area contributed by atoms with E-state index in [0.717, 1.165) is 30.4 Å². The molecule has 0 radical (unpaired) electrons. The Hall–Kier alpha value is -2.10. The van der Waals surface area contributed by atoms with Crippen LogP contribution in [-0.4, -0.2) is 23.6 Å². The molecule has 0 saturated heterocycles. The Morgan fingerprint density at radius 1 is 1.21 bits per heavy atom. The largest absolute Gasteiger partial charge is 0.373 e. The van der Waals surface area contributed by atoms with Gasteiger partial charge in [-0.1, -0.05) is 24.3 Å². The number of rotatable bonds is 4. The van der Waals surface area contributed by atoms with Crippen molar-refractivity contribution in [3.8, 4) is 0 Å². The maximum absolute atomic E-state index is 4.41. The Morgan fingerprint density at radius 2 is 2.00 bits per heavy atom. The van der Waals surface area contributed by atoms with E-state index in [1.165, 1.54) is 11.1 Å². The van der Waals surface area contributed by atoms with Gasteiger partial charge in [-0.25, -0.2) is 9.97 Å². The highest BCUT2D eigenvalue weighted by Gasteiger charge is 2.24. The smallest absolute Gasteiger partial charge is 0.131 e. The van der Waals surface area contributed by atoms with Crippen molar-refractivity contribution >= 4 is 11.6 Å². The second kappa shape index (κ2) is 4.88. The molecule has 1 unspecified atom stereocenters. The quantitative estimate of drug-likeness (QED) is 0.880. The van der Waals surface area contributed by atoms with E-state index in [-0.39, 0.29) is 0 Å². The summed E-state index contributed by atoms with van der Waals surface area (Å²) < 4.78 is 0. The first-order valence-electron chi connectivity index (χ1n) is 6.61. The Bertz CT molecular complexity index is 594. The SMILES string of the molecule is CNc1cc(NCC2Cc3ccccc32)nc(C)n1. The topological polar surface area (TPSA) is 49.8 Å². The molecular formula is C15H18N4. The van der Waals surface area contributed by atoms with Crippen LogP contribution in [0, 0.1) is 6.92 Å². The standard InChI is InChI=1S/C15H18N4/c1-10-18-14(16-2)8-15(19-10)17-9-12-7-11-5-3-4-6-13(11)12/h3-6,8,12H,7,9H2,1-2H3,(H2,16,17,18,19). The lowest BCUT2D eigenvalue weighted by atomic mass is 9.77. The van der Waals surface area contributed by atoms with Crippen molar-refractivity contribution < 1.29 is 0 Å². The summed E-state index contributed by atoms with van der Waals surface area (Å²) in [4.78, 5) is 8.69. The average Bonchev–Trinajstić information content (AvgIpc) is 2.39. The molecule has 4 heteroatoms. The maximum Gasteiger partial charge on any atom is 0.131 e. The van der Waals surface area contributed by atoms with Gasteiger partial charge in [0.1, 0.15) is 17.5 Å². The number of aryl methyl sites for hydroxylation is 1. The van der Waals surface area contributed by atoms with Crippen LogP contribution in [0.15, 0.2) is 30.3 Å². The van der Waals surface area contributed by atoms with E-state index in [0.29, 0.717) is 5.92 Å². The fourth-order valence-electron chi connectivity index (χ4n) is 2.56. The van der Waals surface area contributed by atoms with Crippen LogP contribution in [0.25, 0.3) is 0 Å². The fourth-order valence-corrected chi connectivity index (χ4v) is 2.56. The van der Waals surface area contributed by atoms with E-state index in [2.05, 4.69) is 44.9 Å². The maximum atomic E-state index is 4.41. The molecular weight excluding hydrogens is 236 g/mol. The molecule has 0 saturated carbocycles. The van der Waals surface area contributed by atoms with Gasteiger partial charge in [0, 0.05) is 25.6 Å². The van der Waals surface area contributed by atoms with E-state index in [9.17, 15) is 0 Å². The molecule has 0 aliphatic heterocycles. The number of nitrogens with zero attached hydrogens (tertiary/aromatic N) is 2. The zero-order valence-electron chi connectivity index (χ0n) is 11.3. The van der Waals surface area contributed by atoms with Gasteiger partial charge in [0.15, 0.2) is 0 Å². The number of fused-ring (bicyclic) bond motifs is 1. The zero-order chi connectivity index (χ0) is 13.2. The molecule has 1 aliphatic rings. The highest BCUT2D eigenvalue weighted by Crippen LogP contribution is 2.34. The number of hydrogen-bond donors (Lipinski definition) is 2. The van der Waals surface area contributed by atoms with Crippen LogP contribution < -0.4 is 10.6 Å². The third kappa shape index (κ3) is 2.38. The first kappa shape index (κ1) is 12.0. The molecule has 1 aliphatic carbocycles. The Kier molecular flexibility index (Phi) is 3.07. The zero-order valence-corrected chi connectivity index (χ0v) is 11.3. The third-order valence-electron chi connectivity index (χ3n) is 3.58. The molecule has 2 aromatic rings. The summed E-state index contributed by atoms with van der Waals surface area (Å²) in [5, 5.41) is 6.46. The minimum Gasteiger partial charge on any atom is -0.373 e. The fraction of sp³-hybridized carbons (Fsp3) is 0.333. The summed E-state index contributed by atoms with van der Waals surface area (Å²) in [5.41, 5.74) is 2.94. The van der Waals surface area contributed by atoms with Crippen LogP contribution in [0.4, 0.5) is 11.6 Å². The Labute approximate surface area is 113 Å². The predicted octanol–water partition coefficient (Wildman–Crippen LogP) is 2.58. The average molecular weight is 254 g/mol. The van der Waals surface area contributed by atoms with Gasteiger partial charge in [0.25, 0.3) is 0 Å². The van der Waals surface area contributed by atoms with Crippen molar-refractivity contribution in [2.45, 2.75) is 19.3 Å². The van der Waals surface area contributed by atoms with Crippen LogP contribution in [0.2, 0.25) is 0 Å².